The van der Waals surface area contributed by atoms with Gasteiger partial charge in [0.15, 0.2) is 5.82 Å². The third kappa shape index (κ3) is 4.24. The summed E-state index contributed by atoms with van der Waals surface area (Å²) in [6.45, 7) is 2.05. The lowest BCUT2D eigenvalue weighted by Crippen LogP contribution is -2.18. The minimum atomic E-state index is -0.168. The fourth-order valence-corrected chi connectivity index (χ4v) is 4.08. The summed E-state index contributed by atoms with van der Waals surface area (Å²) in [5, 5.41) is 16.6. The maximum absolute atomic E-state index is 12.8. The van der Waals surface area contributed by atoms with Crippen LogP contribution < -0.4 is 11.2 Å². The number of hydrogen-bond acceptors (Lipinski definition) is 6. The smallest absolute Gasteiger partial charge is 0.236 e. The lowest BCUT2D eigenvalue weighted by atomic mass is 10.1. The van der Waals surface area contributed by atoms with Gasteiger partial charge in [-0.25, -0.2) is 9.36 Å². The highest BCUT2D eigenvalue weighted by Gasteiger charge is 2.30. The van der Waals surface area contributed by atoms with E-state index in [-0.39, 0.29) is 11.7 Å². The number of aryl methyl sites for hydroxylation is 1. The molecule has 32 heavy (non-hydrogen) atoms. The van der Waals surface area contributed by atoms with E-state index < -0.39 is 0 Å². The van der Waals surface area contributed by atoms with Crippen molar-refractivity contribution in [1.29, 1.82) is 0 Å². The van der Waals surface area contributed by atoms with E-state index in [1.54, 1.807) is 4.68 Å². The number of thioether (sulfide) groups is 1. The van der Waals surface area contributed by atoms with Crippen LogP contribution in [0, 0.1) is 6.92 Å². The van der Waals surface area contributed by atoms with Crippen LogP contribution in [0.4, 0.5) is 5.82 Å². The number of nitrogens with zero attached hydrogens (tertiary/aromatic N) is 5. The minimum Gasteiger partial charge on any atom is -0.336 e. The lowest BCUT2D eigenvalue weighted by molar-refractivity contribution is -0.113. The van der Waals surface area contributed by atoms with Gasteiger partial charge in [-0.3, -0.25) is 4.79 Å². The number of para-hydroxylation sites is 1. The molecule has 1 aliphatic carbocycles. The first kappa shape index (κ1) is 20.3. The second kappa shape index (κ2) is 8.51. The summed E-state index contributed by atoms with van der Waals surface area (Å²) >= 11 is 1.27. The van der Waals surface area contributed by atoms with Gasteiger partial charge in [0.25, 0.3) is 0 Å². The van der Waals surface area contributed by atoms with Crippen LogP contribution in [0.25, 0.3) is 16.9 Å². The van der Waals surface area contributed by atoms with Crippen LogP contribution in [0.15, 0.2) is 65.8 Å². The molecule has 0 unspecified atom stereocenters. The molecule has 0 atom stereocenters. The third-order valence-corrected chi connectivity index (χ3v) is 6.23. The molecule has 162 valence electrons. The molecule has 0 radical (unpaired) electrons. The molecule has 0 bridgehead atoms. The molecule has 0 spiro atoms. The topological polar surface area (TPSA) is 104 Å². The molecule has 2 aromatic heterocycles. The summed E-state index contributed by atoms with van der Waals surface area (Å²) in [6, 6.07) is 19.8. The van der Waals surface area contributed by atoms with E-state index in [0.29, 0.717) is 16.9 Å². The van der Waals surface area contributed by atoms with E-state index in [2.05, 4.69) is 15.5 Å². The van der Waals surface area contributed by atoms with Crippen molar-refractivity contribution in [2.24, 2.45) is 0 Å². The van der Waals surface area contributed by atoms with Gasteiger partial charge in [-0.05, 0) is 31.9 Å². The van der Waals surface area contributed by atoms with Crippen LogP contribution in [-0.2, 0) is 4.79 Å². The number of anilines is 1. The van der Waals surface area contributed by atoms with Crippen LogP contribution >= 0.6 is 11.8 Å². The molecule has 1 aliphatic rings. The van der Waals surface area contributed by atoms with Gasteiger partial charge in [0.2, 0.25) is 11.1 Å². The molecule has 1 amide bonds. The number of carbonyl (C=O) groups is 1. The Kier molecular flexibility index (Phi) is 5.40. The SMILES string of the molecule is Cc1ccc(-c2cc(NC(=O)CSc3nnc(C4CC4)n3N)n(-c3ccccc3)n2)cc1. The number of nitrogens with two attached hydrogens (primary N) is 1. The zero-order chi connectivity index (χ0) is 22.1. The standard InChI is InChI=1S/C23H23N7OS/c1-15-7-9-16(10-8-15)19-13-20(30(28-19)18-5-3-2-4-6-18)25-21(31)14-32-23-27-26-22(29(23)24)17-11-12-17/h2-10,13,17H,11-12,14,24H2,1H3,(H,25,31). The monoisotopic (exact) mass is 445 g/mol. The summed E-state index contributed by atoms with van der Waals surface area (Å²) in [6.07, 6.45) is 2.18. The molecular formula is C23H23N7OS. The molecule has 1 fully saturated rings. The summed E-state index contributed by atoms with van der Waals surface area (Å²) < 4.78 is 3.24. The van der Waals surface area contributed by atoms with Crippen molar-refractivity contribution in [3.8, 4) is 16.9 Å². The van der Waals surface area contributed by atoms with E-state index >= 15 is 0 Å². The van der Waals surface area contributed by atoms with Crippen molar-refractivity contribution < 1.29 is 4.79 Å². The van der Waals surface area contributed by atoms with Crippen molar-refractivity contribution in [1.82, 2.24) is 24.7 Å². The maximum atomic E-state index is 12.8. The number of aromatic nitrogens is 5. The molecule has 8 nitrogen and oxygen atoms in total. The van der Waals surface area contributed by atoms with Gasteiger partial charge in [-0.1, -0.05) is 59.8 Å². The van der Waals surface area contributed by atoms with Gasteiger partial charge in [0.05, 0.1) is 17.1 Å². The Morgan fingerprint density at radius 2 is 1.88 bits per heavy atom. The summed E-state index contributed by atoms with van der Waals surface area (Å²) in [7, 11) is 0. The van der Waals surface area contributed by atoms with Crippen molar-refractivity contribution in [3.63, 3.8) is 0 Å². The summed E-state index contributed by atoms with van der Waals surface area (Å²) in [5.74, 6) is 7.88. The van der Waals surface area contributed by atoms with Crippen LogP contribution in [0.3, 0.4) is 0 Å². The Morgan fingerprint density at radius 3 is 2.59 bits per heavy atom. The highest BCUT2D eigenvalue weighted by molar-refractivity contribution is 7.99. The fourth-order valence-electron chi connectivity index (χ4n) is 3.42. The molecular weight excluding hydrogens is 422 g/mol. The van der Waals surface area contributed by atoms with Crippen molar-refractivity contribution >= 4 is 23.5 Å². The molecule has 0 aliphatic heterocycles. The zero-order valence-corrected chi connectivity index (χ0v) is 18.4. The van der Waals surface area contributed by atoms with Crippen LogP contribution in [-0.4, -0.2) is 36.3 Å². The highest BCUT2D eigenvalue weighted by atomic mass is 32.2. The lowest BCUT2D eigenvalue weighted by Gasteiger charge is -2.08. The zero-order valence-electron chi connectivity index (χ0n) is 17.6. The number of nitrogens with one attached hydrogen (secondary N) is 1. The van der Waals surface area contributed by atoms with Crippen molar-refractivity contribution in [2.45, 2.75) is 30.8 Å². The van der Waals surface area contributed by atoms with E-state index in [1.807, 2.05) is 67.6 Å². The molecule has 2 heterocycles. The Hall–Kier alpha value is -3.59. The predicted octanol–water partition coefficient (Wildman–Crippen LogP) is 3.76. The molecule has 4 aromatic rings. The summed E-state index contributed by atoms with van der Waals surface area (Å²) in [4.78, 5) is 12.8. The molecule has 0 saturated heterocycles. The number of benzene rings is 2. The Labute approximate surface area is 189 Å². The van der Waals surface area contributed by atoms with E-state index in [0.717, 1.165) is 35.6 Å². The second-order valence-corrected chi connectivity index (χ2v) is 8.79. The van der Waals surface area contributed by atoms with Crippen molar-refractivity contribution in [2.75, 3.05) is 16.9 Å². The predicted molar refractivity (Wildman–Crippen MR) is 125 cm³/mol. The van der Waals surface area contributed by atoms with E-state index in [4.69, 9.17) is 10.9 Å². The largest absolute Gasteiger partial charge is 0.336 e. The molecule has 5 rings (SSSR count). The number of nitrogen functional groups attached to an aromatic ring is 1. The molecule has 3 N–H and O–H groups in total. The van der Waals surface area contributed by atoms with Crippen LogP contribution in [0.2, 0.25) is 0 Å². The first-order chi connectivity index (χ1) is 15.6. The van der Waals surface area contributed by atoms with Gasteiger partial charge >= 0.3 is 0 Å². The van der Waals surface area contributed by atoms with Gasteiger partial charge in [0.1, 0.15) is 5.82 Å². The average molecular weight is 446 g/mol. The quantitative estimate of drug-likeness (QED) is 0.332. The number of carbonyl (C=O) groups excluding carboxylic acids is 1. The van der Waals surface area contributed by atoms with Crippen LogP contribution in [0.5, 0.6) is 0 Å². The van der Waals surface area contributed by atoms with Gasteiger partial charge in [-0.15, -0.1) is 10.2 Å². The van der Waals surface area contributed by atoms with Gasteiger partial charge < -0.3 is 11.2 Å². The molecule has 9 heteroatoms. The third-order valence-electron chi connectivity index (χ3n) is 5.29. The minimum absolute atomic E-state index is 0.167. The second-order valence-electron chi connectivity index (χ2n) is 7.85. The summed E-state index contributed by atoms with van der Waals surface area (Å²) in [5.41, 5.74) is 3.82. The Balaban J connectivity index is 1.35. The number of rotatable bonds is 7. The van der Waals surface area contributed by atoms with Crippen molar-refractivity contribution in [3.05, 3.63) is 72.1 Å². The maximum Gasteiger partial charge on any atom is 0.236 e. The van der Waals surface area contributed by atoms with E-state index in [9.17, 15) is 4.79 Å². The molecule has 2 aromatic carbocycles. The average Bonchev–Trinajstić information content (AvgIpc) is 3.46. The highest BCUT2D eigenvalue weighted by Crippen LogP contribution is 2.39. The first-order valence-electron chi connectivity index (χ1n) is 10.4. The Bertz CT molecular complexity index is 1240. The first-order valence-corrected chi connectivity index (χ1v) is 11.4. The normalized spacial score (nSPS) is 13.3. The number of amides is 1. The van der Waals surface area contributed by atoms with E-state index in [1.165, 1.54) is 22.0 Å². The van der Waals surface area contributed by atoms with Gasteiger partial charge in [0, 0.05) is 17.5 Å². The number of hydrogen-bond donors (Lipinski definition) is 2. The molecule has 1 saturated carbocycles. The Morgan fingerprint density at radius 1 is 1.12 bits per heavy atom. The fraction of sp³-hybridized carbons (Fsp3) is 0.217. The van der Waals surface area contributed by atoms with Gasteiger partial charge in [-0.2, -0.15) is 5.10 Å². The van der Waals surface area contributed by atoms with Crippen LogP contribution in [0.1, 0.15) is 30.1 Å².